The van der Waals surface area contributed by atoms with Crippen LogP contribution in [0.25, 0.3) is 0 Å². The molecule has 3 nitrogen and oxygen atoms in total. The quantitative estimate of drug-likeness (QED) is 0.641. The van der Waals surface area contributed by atoms with E-state index in [-0.39, 0.29) is 6.04 Å². The predicted octanol–water partition coefficient (Wildman–Crippen LogP) is 3.68. The number of nitrogens with two attached hydrogens (primary N) is 1. The molecule has 0 spiro atoms. The summed E-state index contributed by atoms with van der Waals surface area (Å²) in [6.45, 7) is 9.25. The van der Waals surface area contributed by atoms with Crippen molar-refractivity contribution in [3.05, 3.63) is 34.4 Å². The van der Waals surface area contributed by atoms with Crippen molar-refractivity contribution in [3.63, 3.8) is 0 Å². The molecule has 104 valence electrons. The second kappa shape index (κ2) is 5.85. The topological polar surface area (TPSA) is 41.3 Å². The number of hydrogen-bond donors (Lipinski definition) is 2. The van der Waals surface area contributed by atoms with Crippen LogP contribution in [0.15, 0.2) is 23.8 Å². The van der Waals surface area contributed by atoms with E-state index < -0.39 is 0 Å². The highest BCUT2D eigenvalue weighted by molar-refractivity contribution is 6.32. The Labute approximate surface area is 120 Å². The van der Waals surface area contributed by atoms with E-state index in [1.165, 1.54) is 5.57 Å². The molecule has 0 saturated heterocycles. The first-order valence-electron chi connectivity index (χ1n) is 6.70. The third-order valence-corrected chi connectivity index (χ3v) is 3.95. The highest BCUT2D eigenvalue weighted by Gasteiger charge is 2.24. The summed E-state index contributed by atoms with van der Waals surface area (Å²) in [4.78, 5) is 2.41. The van der Waals surface area contributed by atoms with Crippen LogP contribution in [-0.2, 0) is 0 Å². The van der Waals surface area contributed by atoms with E-state index in [0.29, 0.717) is 0 Å². The number of nitrogen functional groups attached to an aromatic ring is 1. The molecule has 4 heteroatoms. The number of nitrogens with one attached hydrogen (secondary N) is 1. The molecule has 2 rings (SSSR count). The van der Waals surface area contributed by atoms with Crippen molar-refractivity contribution < 1.29 is 0 Å². The highest BCUT2D eigenvalue weighted by Crippen LogP contribution is 2.38. The van der Waals surface area contributed by atoms with Crippen LogP contribution in [0.5, 0.6) is 0 Å². The summed E-state index contributed by atoms with van der Waals surface area (Å²) in [7, 11) is 0. The number of anilines is 2. The summed E-state index contributed by atoms with van der Waals surface area (Å²) in [6, 6.07) is 4.02. The lowest BCUT2D eigenvalue weighted by atomic mass is 10.0. The largest absolute Gasteiger partial charge is 0.397 e. The molecule has 0 fully saturated rings. The zero-order chi connectivity index (χ0) is 14.0. The van der Waals surface area contributed by atoms with E-state index in [1.54, 1.807) is 0 Å². The van der Waals surface area contributed by atoms with Gasteiger partial charge >= 0.3 is 0 Å². The van der Waals surface area contributed by atoms with Crippen molar-refractivity contribution >= 4 is 23.0 Å². The molecule has 1 heterocycles. The third-order valence-electron chi connectivity index (χ3n) is 3.62. The van der Waals surface area contributed by atoms with Crippen molar-refractivity contribution in [1.82, 2.24) is 4.90 Å². The minimum absolute atomic E-state index is 0.261. The van der Waals surface area contributed by atoms with Gasteiger partial charge in [-0.1, -0.05) is 23.3 Å². The molecular formula is C15H22ClN3. The molecule has 0 bridgehead atoms. The number of halogens is 1. The van der Waals surface area contributed by atoms with Gasteiger partial charge in [-0.25, -0.2) is 0 Å². The maximum atomic E-state index is 6.37. The Morgan fingerprint density at radius 3 is 2.95 bits per heavy atom. The predicted molar refractivity (Wildman–Crippen MR) is 83.8 cm³/mol. The molecule has 0 radical (unpaired) electrons. The number of benzene rings is 1. The molecule has 19 heavy (non-hydrogen) atoms. The SMILES string of the molecule is CC(C)=CCN1CCNc2c(N)ccc(Cl)c2C1C. The number of hydrogen-bond acceptors (Lipinski definition) is 3. The minimum Gasteiger partial charge on any atom is -0.397 e. The van der Waals surface area contributed by atoms with Gasteiger partial charge in [-0.3, -0.25) is 4.90 Å². The fourth-order valence-corrected chi connectivity index (χ4v) is 2.78. The van der Waals surface area contributed by atoms with E-state index in [9.17, 15) is 0 Å². The molecule has 0 aromatic heterocycles. The summed E-state index contributed by atoms with van der Waals surface area (Å²) >= 11 is 6.37. The third kappa shape index (κ3) is 3.04. The van der Waals surface area contributed by atoms with E-state index in [2.05, 4.69) is 37.1 Å². The van der Waals surface area contributed by atoms with Crippen molar-refractivity contribution in [1.29, 1.82) is 0 Å². The molecule has 1 atom stereocenters. The summed E-state index contributed by atoms with van der Waals surface area (Å²) in [5, 5.41) is 4.20. The summed E-state index contributed by atoms with van der Waals surface area (Å²) in [6.07, 6.45) is 2.25. The number of rotatable bonds is 2. The monoisotopic (exact) mass is 279 g/mol. The minimum atomic E-state index is 0.261. The first-order chi connectivity index (χ1) is 9.00. The standard InChI is InChI=1S/C15H22ClN3/c1-10(2)6-8-19-9-7-18-15-13(17)5-4-12(16)14(15)11(19)3/h4-6,11,18H,7-9,17H2,1-3H3. The molecule has 1 unspecified atom stereocenters. The second-order valence-corrected chi connectivity index (χ2v) is 5.71. The van der Waals surface area contributed by atoms with Gasteiger partial charge in [-0.05, 0) is 32.9 Å². The Hall–Kier alpha value is -1.19. The molecule has 0 aliphatic carbocycles. The zero-order valence-electron chi connectivity index (χ0n) is 11.8. The van der Waals surface area contributed by atoms with Crippen LogP contribution in [0.1, 0.15) is 32.4 Å². The van der Waals surface area contributed by atoms with Gasteiger partial charge in [0.15, 0.2) is 0 Å². The number of allylic oxidation sites excluding steroid dienone is 1. The van der Waals surface area contributed by atoms with Gasteiger partial charge in [0, 0.05) is 36.3 Å². The van der Waals surface area contributed by atoms with Gasteiger partial charge in [0.05, 0.1) is 11.4 Å². The second-order valence-electron chi connectivity index (χ2n) is 5.30. The first kappa shape index (κ1) is 14.2. The van der Waals surface area contributed by atoms with E-state index in [0.717, 1.165) is 41.6 Å². The lowest BCUT2D eigenvalue weighted by Gasteiger charge is -2.27. The van der Waals surface area contributed by atoms with Crippen molar-refractivity contribution in [2.45, 2.75) is 26.8 Å². The molecule has 1 aliphatic heterocycles. The molecule has 3 N–H and O–H groups in total. The molecule has 1 aromatic carbocycles. The molecule has 1 aromatic rings. The normalized spacial score (nSPS) is 19.3. The molecule has 0 amide bonds. The van der Waals surface area contributed by atoms with Crippen LogP contribution in [0.3, 0.4) is 0 Å². The maximum Gasteiger partial charge on any atom is 0.0637 e. The summed E-state index contributed by atoms with van der Waals surface area (Å²) in [5.41, 5.74) is 10.3. The lowest BCUT2D eigenvalue weighted by molar-refractivity contribution is 0.248. The fourth-order valence-electron chi connectivity index (χ4n) is 2.47. The van der Waals surface area contributed by atoms with Gasteiger partial charge in [0.25, 0.3) is 0 Å². The van der Waals surface area contributed by atoms with Crippen LogP contribution < -0.4 is 11.1 Å². The number of fused-ring (bicyclic) bond motifs is 1. The Bertz CT molecular complexity index is 492. The average molecular weight is 280 g/mol. The van der Waals surface area contributed by atoms with Gasteiger partial charge in [0.2, 0.25) is 0 Å². The highest BCUT2D eigenvalue weighted by atomic mass is 35.5. The molecular weight excluding hydrogens is 258 g/mol. The zero-order valence-corrected chi connectivity index (χ0v) is 12.6. The lowest BCUT2D eigenvalue weighted by Crippen LogP contribution is -2.29. The van der Waals surface area contributed by atoms with Crippen LogP contribution in [0.4, 0.5) is 11.4 Å². The summed E-state index contributed by atoms with van der Waals surface area (Å²) < 4.78 is 0. The van der Waals surface area contributed by atoms with Gasteiger partial charge in [0.1, 0.15) is 0 Å². The van der Waals surface area contributed by atoms with Crippen molar-refractivity contribution in [2.24, 2.45) is 0 Å². The van der Waals surface area contributed by atoms with Crippen molar-refractivity contribution in [3.8, 4) is 0 Å². The Kier molecular flexibility index (Phi) is 4.38. The van der Waals surface area contributed by atoms with E-state index >= 15 is 0 Å². The maximum absolute atomic E-state index is 6.37. The number of nitrogens with zero attached hydrogens (tertiary/aromatic N) is 1. The summed E-state index contributed by atoms with van der Waals surface area (Å²) in [5.74, 6) is 0. The smallest absolute Gasteiger partial charge is 0.0637 e. The van der Waals surface area contributed by atoms with E-state index in [1.807, 2.05) is 12.1 Å². The van der Waals surface area contributed by atoms with Crippen LogP contribution in [0.2, 0.25) is 5.02 Å². The Morgan fingerprint density at radius 1 is 1.53 bits per heavy atom. The van der Waals surface area contributed by atoms with Crippen LogP contribution >= 0.6 is 11.6 Å². The van der Waals surface area contributed by atoms with Gasteiger partial charge < -0.3 is 11.1 Å². The average Bonchev–Trinajstić information content (AvgIpc) is 2.52. The van der Waals surface area contributed by atoms with E-state index in [4.69, 9.17) is 17.3 Å². The van der Waals surface area contributed by atoms with Gasteiger partial charge in [-0.2, -0.15) is 0 Å². The molecule has 1 aliphatic rings. The van der Waals surface area contributed by atoms with Crippen molar-refractivity contribution in [2.75, 3.05) is 30.7 Å². The Morgan fingerprint density at radius 2 is 2.26 bits per heavy atom. The fraction of sp³-hybridized carbons (Fsp3) is 0.467. The Balaban J connectivity index is 2.35. The van der Waals surface area contributed by atoms with Crippen LogP contribution in [-0.4, -0.2) is 24.5 Å². The first-order valence-corrected chi connectivity index (χ1v) is 7.07. The molecule has 0 saturated carbocycles. The van der Waals surface area contributed by atoms with Crippen LogP contribution in [0, 0.1) is 0 Å². The van der Waals surface area contributed by atoms with Gasteiger partial charge in [-0.15, -0.1) is 0 Å².